The molecule has 1 N–H and O–H groups in total. The minimum atomic E-state index is 0.0422. The van der Waals surface area contributed by atoms with Crippen molar-refractivity contribution in [1.82, 2.24) is 10.2 Å². The van der Waals surface area contributed by atoms with Gasteiger partial charge in [-0.15, -0.1) is 0 Å². The third-order valence-corrected chi connectivity index (χ3v) is 3.35. The first-order valence-electron chi connectivity index (χ1n) is 5.63. The topological polar surface area (TPSA) is 45.8 Å². The Balaban J connectivity index is 2.63. The van der Waals surface area contributed by atoms with E-state index >= 15 is 0 Å². The summed E-state index contributed by atoms with van der Waals surface area (Å²) in [6, 6.07) is 2.12. The van der Waals surface area contributed by atoms with Gasteiger partial charge in [0.25, 0.3) is 0 Å². The van der Waals surface area contributed by atoms with Crippen molar-refractivity contribution in [3.8, 4) is 0 Å². The predicted molar refractivity (Wildman–Crippen MR) is 67.4 cm³/mol. The van der Waals surface area contributed by atoms with Gasteiger partial charge in [0.15, 0.2) is 5.78 Å². The van der Waals surface area contributed by atoms with Crippen LogP contribution in [0, 0.1) is 27.7 Å². The molecule has 0 saturated carbocycles. The van der Waals surface area contributed by atoms with Crippen molar-refractivity contribution in [2.75, 3.05) is 0 Å². The molecule has 2 rings (SSSR count). The van der Waals surface area contributed by atoms with Crippen molar-refractivity contribution in [3.05, 3.63) is 51.8 Å². The molecule has 17 heavy (non-hydrogen) atoms. The fourth-order valence-corrected chi connectivity index (χ4v) is 2.08. The van der Waals surface area contributed by atoms with Crippen LogP contribution in [0.15, 0.2) is 18.5 Å². The lowest BCUT2D eigenvalue weighted by atomic mass is 9.90. The number of carbonyl (C=O) groups is 1. The van der Waals surface area contributed by atoms with E-state index in [0.29, 0.717) is 5.56 Å². The number of hydrogen-bond acceptors (Lipinski definition) is 2. The molecule has 0 aliphatic heterocycles. The molecule has 3 nitrogen and oxygen atoms in total. The number of carbonyl (C=O) groups excluding carboxylic acids is 1. The number of hydrogen-bond donors (Lipinski definition) is 1. The molecule has 0 atom stereocenters. The molecule has 1 aromatic heterocycles. The molecule has 1 heterocycles. The van der Waals surface area contributed by atoms with Gasteiger partial charge in [-0.2, -0.15) is 5.10 Å². The van der Waals surface area contributed by atoms with Gasteiger partial charge >= 0.3 is 0 Å². The zero-order valence-electron chi connectivity index (χ0n) is 10.6. The molecule has 2 aromatic rings. The van der Waals surface area contributed by atoms with E-state index < -0.39 is 0 Å². The molecule has 0 radical (unpaired) electrons. The summed E-state index contributed by atoms with van der Waals surface area (Å²) < 4.78 is 0. The molecule has 0 amide bonds. The fraction of sp³-hybridized carbons (Fsp3) is 0.286. The summed E-state index contributed by atoms with van der Waals surface area (Å²) in [7, 11) is 0. The highest BCUT2D eigenvalue weighted by Gasteiger charge is 2.17. The van der Waals surface area contributed by atoms with E-state index in [1.54, 1.807) is 12.4 Å². The maximum absolute atomic E-state index is 12.4. The van der Waals surface area contributed by atoms with Crippen molar-refractivity contribution in [1.29, 1.82) is 0 Å². The summed E-state index contributed by atoms with van der Waals surface area (Å²) in [5.74, 6) is 0.0422. The quantitative estimate of drug-likeness (QED) is 0.803. The van der Waals surface area contributed by atoms with E-state index in [0.717, 1.165) is 27.8 Å². The second-order valence-corrected chi connectivity index (χ2v) is 4.45. The first-order valence-corrected chi connectivity index (χ1v) is 5.63. The molecule has 0 bridgehead atoms. The van der Waals surface area contributed by atoms with Crippen LogP contribution in [0.1, 0.15) is 38.2 Å². The van der Waals surface area contributed by atoms with E-state index in [-0.39, 0.29) is 5.78 Å². The average molecular weight is 228 g/mol. The number of aromatic amines is 1. The van der Waals surface area contributed by atoms with Crippen molar-refractivity contribution in [2.24, 2.45) is 0 Å². The fourth-order valence-electron chi connectivity index (χ4n) is 2.08. The number of aryl methyl sites for hydroxylation is 2. The Labute approximate surface area is 101 Å². The summed E-state index contributed by atoms with van der Waals surface area (Å²) in [6.07, 6.45) is 3.21. The Morgan fingerprint density at radius 2 is 1.71 bits per heavy atom. The van der Waals surface area contributed by atoms with Crippen LogP contribution < -0.4 is 0 Å². The molecule has 0 spiro atoms. The number of rotatable bonds is 2. The third-order valence-electron chi connectivity index (χ3n) is 3.35. The zero-order chi connectivity index (χ0) is 12.6. The van der Waals surface area contributed by atoms with Crippen LogP contribution in [0.25, 0.3) is 0 Å². The molecule has 0 fully saturated rings. The lowest BCUT2D eigenvalue weighted by molar-refractivity contribution is 0.103. The highest BCUT2D eigenvalue weighted by atomic mass is 16.1. The molecule has 3 heteroatoms. The number of aromatic nitrogens is 2. The minimum absolute atomic E-state index is 0.0422. The van der Waals surface area contributed by atoms with E-state index in [4.69, 9.17) is 0 Å². The first-order chi connectivity index (χ1) is 8.02. The number of nitrogens with one attached hydrogen (secondary N) is 1. The van der Waals surface area contributed by atoms with E-state index in [1.165, 1.54) is 0 Å². The minimum Gasteiger partial charge on any atom is -0.288 e. The van der Waals surface area contributed by atoms with Crippen LogP contribution in [0.4, 0.5) is 0 Å². The van der Waals surface area contributed by atoms with Crippen LogP contribution in [-0.4, -0.2) is 16.0 Å². The van der Waals surface area contributed by atoms with Gasteiger partial charge in [-0.3, -0.25) is 9.89 Å². The van der Waals surface area contributed by atoms with Crippen LogP contribution >= 0.6 is 0 Å². The van der Waals surface area contributed by atoms with Gasteiger partial charge in [0.05, 0.1) is 11.8 Å². The third kappa shape index (κ3) is 1.88. The second-order valence-electron chi connectivity index (χ2n) is 4.45. The molecular formula is C14H16N2O. The Bertz CT molecular complexity index is 542. The van der Waals surface area contributed by atoms with Crippen molar-refractivity contribution >= 4 is 5.78 Å². The Morgan fingerprint density at radius 3 is 2.18 bits per heavy atom. The number of nitrogens with zero attached hydrogens (tertiary/aromatic N) is 1. The van der Waals surface area contributed by atoms with Gasteiger partial charge < -0.3 is 0 Å². The normalized spacial score (nSPS) is 10.6. The van der Waals surface area contributed by atoms with Crippen molar-refractivity contribution in [3.63, 3.8) is 0 Å². The summed E-state index contributed by atoms with van der Waals surface area (Å²) in [5.41, 5.74) is 5.84. The molecule has 0 aliphatic rings. The summed E-state index contributed by atoms with van der Waals surface area (Å²) in [5, 5.41) is 6.50. The van der Waals surface area contributed by atoms with E-state index in [9.17, 15) is 4.79 Å². The van der Waals surface area contributed by atoms with E-state index in [1.807, 2.05) is 27.7 Å². The van der Waals surface area contributed by atoms with Gasteiger partial charge in [0.2, 0.25) is 0 Å². The lowest BCUT2D eigenvalue weighted by Crippen LogP contribution is -2.08. The van der Waals surface area contributed by atoms with E-state index in [2.05, 4.69) is 16.3 Å². The predicted octanol–water partition coefficient (Wildman–Crippen LogP) is 2.87. The summed E-state index contributed by atoms with van der Waals surface area (Å²) >= 11 is 0. The van der Waals surface area contributed by atoms with Crippen molar-refractivity contribution in [2.45, 2.75) is 27.7 Å². The maximum atomic E-state index is 12.4. The van der Waals surface area contributed by atoms with Crippen LogP contribution in [-0.2, 0) is 0 Å². The second kappa shape index (κ2) is 4.17. The standard InChI is InChI=1S/C14H16N2O/c1-8-5-9(2)11(4)13(10(8)3)14(17)12-6-15-16-7-12/h5-7H,1-4H3,(H,15,16). The summed E-state index contributed by atoms with van der Waals surface area (Å²) in [4.78, 5) is 12.4. The molecule has 0 saturated heterocycles. The Kier molecular flexibility index (Phi) is 2.84. The maximum Gasteiger partial charge on any atom is 0.196 e. The SMILES string of the molecule is Cc1cc(C)c(C)c(C(=O)c2cn[nH]c2)c1C. The van der Waals surface area contributed by atoms with Gasteiger partial charge in [-0.1, -0.05) is 6.07 Å². The first kappa shape index (κ1) is 11.6. The van der Waals surface area contributed by atoms with Gasteiger partial charge in [-0.05, 0) is 49.9 Å². The molecule has 1 aromatic carbocycles. The molecule has 88 valence electrons. The number of H-pyrrole nitrogens is 1. The van der Waals surface area contributed by atoms with Gasteiger partial charge in [-0.25, -0.2) is 0 Å². The monoisotopic (exact) mass is 228 g/mol. The largest absolute Gasteiger partial charge is 0.288 e. The van der Waals surface area contributed by atoms with Crippen molar-refractivity contribution < 1.29 is 4.79 Å². The average Bonchev–Trinajstić information content (AvgIpc) is 2.80. The Morgan fingerprint density at radius 1 is 1.12 bits per heavy atom. The molecule has 0 unspecified atom stereocenters. The van der Waals surface area contributed by atoms with Crippen LogP contribution in [0.5, 0.6) is 0 Å². The number of ketones is 1. The highest BCUT2D eigenvalue weighted by molar-refractivity contribution is 6.10. The zero-order valence-corrected chi connectivity index (χ0v) is 10.6. The summed E-state index contributed by atoms with van der Waals surface area (Å²) in [6.45, 7) is 8.06. The van der Waals surface area contributed by atoms with Crippen LogP contribution in [0.3, 0.4) is 0 Å². The smallest absolute Gasteiger partial charge is 0.196 e. The van der Waals surface area contributed by atoms with Gasteiger partial charge in [0.1, 0.15) is 0 Å². The molecule has 0 aliphatic carbocycles. The van der Waals surface area contributed by atoms with Gasteiger partial charge in [0, 0.05) is 11.8 Å². The van der Waals surface area contributed by atoms with Crippen LogP contribution in [0.2, 0.25) is 0 Å². The Hall–Kier alpha value is -1.90. The molecular weight excluding hydrogens is 212 g/mol. The number of benzene rings is 1. The highest BCUT2D eigenvalue weighted by Crippen LogP contribution is 2.23. The lowest BCUT2D eigenvalue weighted by Gasteiger charge is -2.13.